The van der Waals surface area contributed by atoms with Crippen LogP contribution in [0.15, 0.2) is 53.5 Å². The Kier molecular flexibility index (Phi) is 6.78. The molecule has 4 rings (SSSR count). The average Bonchev–Trinajstić information content (AvgIpc) is 2.80. The quantitative estimate of drug-likeness (QED) is 0.438. The second kappa shape index (κ2) is 9.41. The van der Waals surface area contributed by atoms with Crippen LogP contribution < -0.4 is 11.3 Å². The molecule has 1 aliphatic rings. The van der Waals surface area contributed by atoms with Gasteiger partial charge in [-0.3, -0.25) is 4.79 Å². The van der Waals surface area contributed by atoms with Gasteiger partial charge < -0.3 is 10.7 Å². The predicted molar refractivity (Wildman–Crippen MR) is 136 cm³/mol. The zero-order valence-corrected chi connectivity index (χ0v) is 20.2. The molecule has 1 aliphatic carbocycles. The lowest BCUT2D eigenvalue weighted by molar-refractivity contribution is 0.192. The van der Waals surface area contributed by atoms with Gasteiger partial charge in [0.15, 0.2) is 0 Å². The molecule has 1 atom stereocenters. The first-order chi connectivity index (χ1) is 15.3. The molecule has 0 spiro atoms. The molecule has 1 fully saturated rings. The molecule has 1 unspecified atom stereocenters. The molecule has 0 aliphatic heterocycles. The molecule has 0 saturated heterocycles. The summed E-state index contributed by atoms with van der Waals surface area (Å²) >= 11 is 6.59. The molecule has 0 bridgehead atoms. The highest BCUT2D eigenvalue weighted by molar-refractivity contribution is 6.32. The molecule has 3 N–H and O–H groups in total. The Labute approximate surface area is 196 Å². The minimum Gasteiger partial charge on any atom is -0.329 e. The first-order valence-electron chi connectivity index (χ1n) is 12.0. The maximum atomic E-state index is 12.1. The Morgan fingerprint density at radius 3 is 2.44 bits per heavy atom. The highest BCUT2D eigenvalue weighted by Crippen LogP contribution is 2.45. The number of halogens is 1. The lowest BCUT2D eigenvalue weighted by atomic mass is 9.61. The Balaban J connectivity index is 1.54. The van der Waals surface area contributed by atoms with Crippen molar-refractivity contribution in [2.75, 3.05) is 0 Å². The monoisotopic (exact) mass is 450 g/mol. The van der Waals surface area contributed by atoms with E-state index in [0.29, 0.717) is 22.2 Å². The summed E-state index contributed by atoms with van der Waals surface area (Å²) in [6.07, 6.45) is 8.14. The van der Waals surface area contributed by atoms with Crippen molar-refractivity contribution in [2.45, 2.75) is 76.7 Å². The van der Waals surface area contributed by atoms with Gasteiger partial charge in [-0.1, -0.05) is 56.6 Å². The summed E-state index contributed by atoms with van der Waals surface area (Å²) in [7, 11) is 0. The molecule has 0 amide bonds. The first-order valence-corrected chi connectivity index (χ1v) is 12.4. The largest absolute Gasteiger partial charge is 0.329 e. The van der Waals surface area contributed by atoms with E-state index in [1.807, 2.05) is 12.1 Å². The van der Waals surface area contributed by atoms with E-state index < -0.39 is 0 Å². The van der Waals surface area contributed by atoms with Gasteiger partial charge in [-0.2, -0.15) is 0 Å². The van der Waals surface area contributed by atoms with Crippen LogP contribution in [-0.4, -0.2) is 11.0 Å². The molecule has 3 aromatic rings. The van der Waals surface area contributed by atoms with Crippen molar-refractivity contribution in [2.24, 2.45) is 11.7 Å². The van der Waals surface area contributed by atoms with Crippen molar-refractivity contribution in [1.29, 1.82) is 0 Å². The number of aromatic nitrogens is 1. The molecule has 2 aromatic carbocycles. The minimum absolute atomic E-state index is 0.0568. The van der Waals surface area contributed by atoms with Crippen molar-refractivity contribution >= 4 is 22.4 Å². The van der Waals surface area contributed by atoms with Crippen molar-refractivity contribution in [1.82, 2.24) is 4.98 Å². The summed E-state index contributed by atoms with van der Waals surface area (Å²) in [5.41, 5.74) is 10.7. The number of benzene rings is 2. The molecule has 1 aromatic heterocycles. The fourth-order valence-electron chi connectivity index (χ4n) is 5.59. The first kappa shape index (κ1) is 23.1. The van der Waals surface area contributed by atoms with Gasteiger partial charge in [-0.05, 0) is 90.6 Å². The molecule has 170 valence electrons. The summed E-state index contributed by atoms with van der Waals surface area (Å²) in [5, 5.41) is 2.31. The second-order valence-electron chi connectivity index (χ2n) is 9.93. The maximum absolute atomic E-state index is 12.1. The normalized spacial score (nSPS) is 22.4. The van der Waals surface area contributed by atoms with Crippen LogP contribution in [0.5, 0.6) is 0 Å². The van der Waals surface area contributed by atoms with E-state index in [1.165, 1.54) is 11.1 Å². The lowest BCUT2D eigenvalue weighted by Crippen LogP contribution is -2.47. The third-order valence-electron chi connectivity index (χ3n) is 7.75. The molecule has 1 heterocycles. The van der Waals surface area contributed by atoms with E-state index in [9.17, 15) is 4.79 Å². The smallest absolute Gasteiger partial charge is 0.255 e. The number of aromatic amines is 1. The highest BCUT2D eigenvalue weighted by atomic mass is 35.5. The molecular weight excluding hydrogens is 416 g/mol. The Morgan fingerprint density at radius 2 is 1.81 bits per heavy atom. The van der Waals surface area contributed by atoms with Crippen LogP contribution in [-0.2, 0) is 11.8 Å². The fourth-order valence-corrected chi connectivity index (χ4v) is 5.83. The van der Waals surface area contributed by atoms with Gasteiger partial charge in [-0.25, -0.2) is 0 Å². The predicted octanol–water partition coefficient (Wildman–Crippen LogP) is 6.71. The van der Waals surface area contributed by atoms with Gasteiger partial charge in [-0.15, -0.1) is 0 Å². The molecule has 3 nitrogen and oxygen atoms in total. The highest BCUT2D eigenvalue weighted by Gasteiger charge is 2.41. The standard InChI is InChI=1S/C28H35ClN2O/c1-4-26(30)28(23-7-5-20(6-8-23)18(2)3)12-9-19(10-13-28)15-22-16-21-11-14-31-27(32)24(21)17-25(22)29/h5-8,11,14,16-19,26H,4,9-10,12-13,15,30H2,1-3H3,(H,31,32). The Morgan fingerprint density at radius 1 is 1.12 bits per heavy atom. The Bertz CT molecular complexity index is 1120. The summed E-state index contributed by atoms with van der Waals surface area (Å²) in [6.45, 7) is 6.68. The topological polar surface area (TPSA) is 58.9 Å². The van der Waals surface area contributed by atoms with Crippen molar-refractivity contribution in [3.63, 3.8) is 0 Å². The van der Waals surface area contributed by atoms with Gasteiger partial charge in [0.1, 0.15) is 0 Å². The average molecular weight is 451 g/mol. The van der Waals surface area contributed by atoms with Gasteiger partial charge in [0.05, 0.1) is 0 Å². The molecule has 32 heavy (non-hydrogen) atoms. The number of nitrogens with two attached hydrogens (primary N) is 1. The van der Waals surface area contributed by atoms with Crippen molar-refractivity contribution in [3.8, 4) is 0 Å². The minimum atomic E-state index is -0.0876. The number of H-pyrrole nitrogens is 1. The molecule has 1 saturated carbocycles. The third-order valence-corrected chi connectivity index (χ3v) is 8.10. The summed E-state index contributed by atoms with van der Waals surface area (Å²) in [5.74, 6) is 1.12. The maximum Gasteiger partial charge on any atom is 0.255 e. The number of hydrogen-bond donors (Lipinski definition) is 2. The molecular formula is C28H35ClN2O. The van der Waals surface area contributed by atoms with Crippen LogP contribution in [0.2, 0.25) is 5.02 Å². The number of hydrogen-bond acceptors (Lipinski definition) is 2. The number of nitrogens with one attached hydrogen (secondary N) is 1. The number of rotatable bonds is 6. The van der Waals surface area contributed by atoms with Crippen LogP contribution in [0.3, 0.4) is 0 Å². The van der Waals surface area contributed by atoms with Gasteiger partial charge in [0, 0.05) is 28.1 Å². The van der Waals surface area contributed by atoms with E-state index in [2.05, 4.69) is 56.1 Å². The van der Waals surface area contributed by atoms with Crippen molar-refractivity contribution < 1.29 is 0 Å². The summed E-state index contributed by atoms with van der Waals surface area (Å²) in [4.78, 5) is 14.8. The van der Waals surface area contributed by atoms with E-state index in [1.54, 1.807) is 6.20 Å². The fraction of sp³-hybridized carbons (Fsp3) is 0.464. The molecule has 4 heteroatoms. The van der Waals surface area contributed by atoms with Crippen LogP contribution in [0.25, 0.3) is 10.8 Å². The van der Waals surface area contributed by atoms with E-state index in [4.69, 9.17) is 17.3 Å². The third kappa shape index (κ3) is 4.38. The van der Waals surface area contributed by atoms with Crippen LogP contribution >= 0.6 is 11.6 Å². The van der Waals surface area contributed by atoms with E-state index in [0.717, 1.165) is 49.5 Å². The van der Waals surface area contributed by atoms with Crippen LogP contribution in [0.1, 0.15) is 75.5 Å². The van der Waals surface area contributed by atoms with Crippen LogP contribution in [0.4, 0.5) is 0 Å². The van der Waals surface area contributed by atoms with E-state index in [-0.39, 0.29) is 17.0 Å². The SMILES string of the molecule is CCC(N)C1(c2ccc(C(C)C)cc2)CCC(Cc2cc3cc[nH]c(=O)c3cc2Cl)CC1. The van der Waals surface area contributed by atoms with Gasteiger partial charge in [0.2, 0.25) is 0 Å². The zero-order valence-electron chi connectivity index (χ0n) is 19.5. The molecule has 0 radical (unpaired) electrons. The van der Waals surface area contributed by atoms with E-state index >= 15 is 0 Å². The Hall–Kier alpha value is -2.10. The zero-order chi connectivity index (χ0) is 22.9. The lowest BCUT2D eigenvalue weighted by Gasteiger charge is -2.45. The van der Waals surface area contributed by atoms with Gasteiger partial charge in [0.25, 0.3) is 5.56 Å². The van der Waals surface area contributed by atoms with Crippen LogP contribution in [0, 0.1) is 5.92 Å². The number of fused-ring (bicyclic) bond motifs is 1. The second-order valence-corrected chi connectivity index (χ2v) is 10.3. The van der Waals surface area contributed by atoms with Gasteiger partial charge >= 0.3 is 0 Å². The summed E-state index contributed by atoms with van der Waals surface area (Å²) in [6, 6.07) is 15.2. The van der Waals surface area contributed by atoms with Crippen molar-refractivity contribution in [3.05, 3.63) is 80.7 Å². The summed E-state index contributed by atoms with van der Waals surface area (Å²) < 4.78 is 0. The number of pyridine rings is 1.